The second kappa shape index (κ2) is 5.91. The number of para-hydroxylation sites is 1. The van der Waals surface area contributed by atoms with Crippen molar-refractivity contribution < 1.29 is 23.5 Å². The van der Waals surface area contributed by atoms with E-state index in [9.17, 15) is 18.4 Å². The monoisotopic (exact) mass is 323 g/mol. The highest BCUT2D eigenvalue weighted by Crippen LogP contribution is 2.42. The van der Waals surface area contributed by atoms with E-state index in [2.05, 4.69) is 0 Å². The number of rotatable bonds is 3. The highest BCUT2D eigenvalue weighted by atomic mass is 19.3. The molecule has 4 nitrogen and oxygen atoms in total. The lowest BCUT2D eigenvalue weighted by Crippen LogP contribution is -2.39. The number of carbonyl (C=O) groups excluding carboxylic acids is 1. The molecule has 1 aromatic rings. The number of anilines is 1. The third-order valence-electron chi connectivity index (χ3n) is 4.82. The van der Waals surface area contributed by atoms with E-state index in [1.165, 1.54) is 0 Å². The van der Waals surface area contributed by atoms with Crippen LogP contribution < -0.4 is 4.90 Å². The van der Waals surface area contributed by atoms with E-state index >= 15 is 0 Å². The number of alkyl halides is 2. The van der Waals surface area contributed by atoms with Crippen LogP contribution in [-0.4, -0.2) is 29.5 Å². The van der Waals surface area contributed by atoms with Gasteiger partial charge >= 0.3 is 5.97 Å². The van der Waals surface area contributed by atoms with Gasteiger partial charge in [-0.3, -0.25) is 9.59 Å². The molecule has 2 aliphatic rings. The quantitative estimate of drug-likeness (QED) is 0.927. The van der Waals surface area contributed by atoms with Crippen LogP contribution >= 0.6 is 0 Å². The molecule has 124 valence electrons. The maximum atomic E-state index is 13.3. The zero-order chi connectivity index (χ0) is 16.6. The number of aliphatic carboxylic acids is 1. The summed E-state index contributed by atoms with van der Waals surface area (Å²) in [5.41, 5.74) is 1.57. The molecule has 1 aliphatic heterocycles. The highest BCUT2D eigenvalue weighted by Gasteiger charge is 2.41. The normalized spacial score (nSPS) is 23.6. The van der Waals surface area contributed by atoms with Crippen molar-refractivity contribution in [3.8, 4) is 0 Å². The fourth-order valence-electron chi connectivity index (χ4n) is 3.60. The summed E-state index contributed by atoms with van der Waals surface area (Å²) >= 11 is 0. The molecule has 3 rings (SSSR count). The molecule has 1 heterocycles. The van der Waals surface area contributed by atoms with Gasteiger partial charge in [0.05, 0.1) is 6.42 Å². The van der Waals surface area contributed by atoms with Crippen molar-refractivity contribution in [2.24, 2.45) is 5.92 Å². The van der Waals surface area contributed by atoms with Crippen LogP contribution in [-0.2, 0) is 9.59 Å². The molecule has 1 saturated carbocycles. The first-order valence-corrected chi connectivity index (χ1v) is 7.87. The highest BCUT2D eigenvalue weighted by molar-refractivity contribution is 5.97. The van der Waals surface area contributed by atoms with Gasteiger partial charge in [0.25, 0.3) is 0 Å². The number of hydrogen-bond donors (Lipinski definition) is 1. The van der Waals surface area contributed by atoms with E-state index in [0.717, 1.165) is 11.3 Å². The van der Waals surface area contributed by atoms with Gasteiger partial charge in [-0.1, -0.05) is 18.2 Å². The third-order valence-corrected chi connectivity index (χ3v) is 4.82. The lowest BCUT2D eigenvalue weighted by Gasteiger charge is -2.30. The van der Waals surface area contributed by atoms with Gasteiger partial charge in [0.1, 0.15) is 0 Å². The Morgan fingerprint density at radius 1 is 1.22 bits per heavy atom. The summed E-state index contributed by atoms with van der Waals surface area (Å²) in [6, 6.07) is 7.26. The molecular weight excluding hydrogens is 304 g/mol. The van der Waals surface area contributed by atoms with E-state index in [4.69, 9.17) is 5.11 Å². The Morgan fingerprint density at radius 2 is 1.87 bits per heavy atom. The Bertz CT molecular complexity index is 622. The SMILES string of the molecule is O=C(O)CC1CN(C(=O)C2CCC(F)(F)CC2)c2ccccc21. The van der Waals surface area contributed by atoms with Crippen molar-refractivity contribution in [2.45, 2.75) is 43.9 Å². The summed E-state index contributed by atoms with van der Waals surface area (Å²) in [6.07, 6.45) is -0.166. The maximum Gasteiger partial charge on any atom is 0.304 e. The molecular formula is C17H19F2NO3. The van der Waals surface area contributed by atoms with Gasteiger partial charge in [0.2, 0.25) is 11.8 Å². The minimum atomic E-state index is -2.66. The average Bonchev–Trinajstić information content (AvgIpc) is 2.85. The molecule has 1 amide bonds. The summed E-state index contributed by atoms with van der Waals surface area (Å²) in [5, 5.41) is 9.04. The van der Waals surface area contributed by atoms with Crippen LogP contribution in [0.4, 0.5) is 14.5 Å². The Balaban J connectivity index is 1.78. The second-order valence-electron chi connectivity index (χ2n) is 6.43. The Kier molecular flexibility index (Phi) is 4.08. The first-order chi connectivity index (χ1) is 10.9. The van der Waals surface area contributed by atoms with Crippen molar-refractivity contribution in [3.63, 3.8) is 0 Å². The van der Waals surface area contributed by atoms with Crippen LogP contribution in [0.5, 0.6) is 0 Å². The Morgan fingerprint density at radius 3 is 2.52 bits per heavy atom. The molecule has 0 radical (unpaired) electrons. The Labute approximate surface area is 133 Å². The molecule has 6 heteroatoms. The smallest absolute Gasteiger partial charge is 0.304 e. The molecule has 1 aromatic carbocycles. The molecule has 0 saturated heterocycles. The maximum absolute atomic E-state index is 13.3. The summed E-state index contributed by atoms with van der Waals surface area (Å²) in [4.78, 5) is 25.4. The minimum absolute atomic E-state index is 0.0382. The van der Waals surface area contributed by atoms with Gasteiger partial charge in [-0.05, 0) is 24.5 Å². The lowest BCUT2D eigenvalue weighted by atomic mass is 9.86. The summed E-state index contributed by atoms with van der Waals surface area (Å²) in [7, 11) is 0. The van der Waals surface area contributed by atoms with Crippen LogP contribution in [0.2, 0.25) is 0 Å². The van der Waals surface area contributed by atoms with Gasteiger partial charge in [-0.2, -0.15) is 0 Å². The van der Waals surface area contributed by atoms with Crippen LogP contribution in [0.1, 0.15) is 43.6 Å². The van der Waals surface area contributed by atoms with Gasteiger partial charge in [-0.15, -0.1) is 0 Å². The third kappa shape index (κ3) is 3.21. The number of hydrogen-bond acceptors (Lipinski definition) is 2. The topological polar surface area (TPSA) is 57.6 Å². The molecule has 1 fully saturated rings. The summed E-state index contributed by atoms with van der Waals surface area (Å²) < 4.78 is 26.5. The number of nitrogens with zero attached hydrogens (tertiary/aromatic N) is 1. The molecule has 1 atom stereocenters. The standard InChI is InChI=1S/C17H19F2NO3/c18-17(19)7-5-11(6-8-17)16(23)20-10-12(9-15(21)22)13-3-1-2-4-14(13)20/h1-4,11-12H,5-10H2,(H,21,22). The lowest BCUT2D eigenvalue weighted by molar-refractivity contribution is -0.137. The Hall–Kier alpha value is -1.98. The molecule has 1 aliphatic carbocycles. The molecule has 23 heavy (non-hydrogen) atoms. The van der Waals surface area contributed by atoms with E-state index in [0.29, 0.717) is 6.54 Å². The van der Waals surface area contributed by atoms with E-state index in [1.54, 1.807) is 17.0 Å². The first kappa shape index (κ1) is 15.9. The van der Waals surface area contributed by atoms with Gasteiger partial charge in [0.15, 0.2) is 0 Å². The van der Waals surface area contributed by atoms with Gasteiger partial charge in [-0.25, -0.2) is 8.78 Å². The number of amides is 1. The van der Waals surface area contributed by atoms with Crippen LogP contribution in [0.25, 0.3) is 0 Å². The zero-order valence-corrected chi connectivity index (χ0v) is 12.7. The number of fused-ring (bicyclic) bond motifs is 1. The second-order valence-corrected chi connectivity index (χ2v) is 6.43. The van der Waals surface area contributed by atoms with Crippen LogP contribution in [0.3, 0.4) is 0 Å². The predicted octanol–water partition coefficient (Wildman–Crippen LogP) is 3.42. The van der Waals surface area contributed by atoms with Crippen molar-refractivity contribution in [3.05, 3.63) is 29.8 Å². The van der Waals surface area contributed by atoms with Gasteiger partial charge in [0, 0.05) is 36.9 Å². The fraction of sp³-hybridized carbons (Fsp3) is 0.529. The minimum Gasteiger partial charge on any atom is -0.481 e. The van der Waals surface area contributed by atoms with E-state index < -0.39 is 17.8 Å². The van der Waals surface area contributed by atoms with Crippen LogP contribution in [0.15, 0.2) is 24.3 Å². The van der Waals surface area contributed by atoms with E-state index in [-0.39, 0.29) is 43.9 Å². The number of carboxylic acids is 1. The molecule has 0 spiro atoms. The van der Waals surface area contributed by atoms with Crippen molar-refractivity contribution >= 4 is 17.6 Å². The van der Waals surface area contributed by atoms with Crippen molar-refractivity contribution in [1.82, 2.24) is 0 Å². The molecule has 1 N–H and O–H groups in total. The van der Waals surface area contributed by atoms with E-state index in [1.807, 2.05) is 12.1 Å². The van der Waals surface area contributed by atoms with Crippen LogP contribution in [0, 0.1) is 5.92 Å². The van der Waals surface area contributed by atoms with Crippen molar-refractivity contribution in [2.75, 3.05) is 11.4 Å². The predicted molar refractivity (Wildman–Crippen MR) is 80.7 cm³/mol. The average molecular weight is 323 g/mol. The number of carbonyl (C=O) groups is 2. The first-order valence-electron chi connectivity index (χ1n) is 7.87. The fourth-order valence-corrected chi connectivity index (χ4v) is 3.60. The summed E-state index contributed by atoms with van der Waals surface area (Å²) in [5.74, 6) is -4.35. The number of halogens is 2. The number of carboxylic acid groups (broad SMARTS) is 1. The molecule has 0 bridgehead atoms. The number of benzene rings is 1. The molecule has 0 aromatic heterocycles. The molecule has 1 unspecified atom stereocenters. The largest absolute Gasteiger partial charge is 0.481 e. The van der Waals surface area contributed by atoms with Crippen molar-refractivity contribution in [1.29, 1.82) is 0 Å². The zero-order valence-electron chi connectivity index (χ0n) is 12.7. The summed E-state index contributed by atoms with van der Waals surface area (Å²) in [6.45, 7) is 0.317. The van der Waals surface area contributed by atoms with Gasteiger partial charge < -0.3 is 10.0 Å².